The summed E-state index contributed by atoms with van der Waals surface area (Å²) in [6.45, 7) is 1.78. The minimum absolute atomic E-state index is 0.0614. The monoisotopic (exact) mass is 379 g/mol. The van der Waals surface area contributed by atoms with Gasteiger partial charge in [0.1, 0.15) is 24.7 Å². The van der Waals surface area contributed by atoms with Crippen LogP contribution < -0.4 is 9.47 Å². The van der Waals surface area contributed by atoms with Crippen LogP contribution in [0.4, 0.5) is 0 Å². The molecule has 0 saturated heterocycles. The first kappa shape index (κ1) is 21.0. The van der Waals surface area contributed by atoms with Crippen molar-refractivity contribution >= 4 is 11.9 Å². The highest BCUT2D eigenvalue weighted by Gasteiger charge is 2.25. The van der Waals surface area contributed by atoms with Gasteiger partial charge in [0.05, 0.1) is 20.3 Å². The Bertz CT molecular complexity index is 625. The summed E-state index contributed by atoms with van der Waals surface area (Å²) in [5, 5.41) is 9.19. The lowest BCUT2D eigenvalue weighted by Crippen LogP contribution is -2.39. The Balaban J connectivity index is 2.05. The van der Waals surface area contributed by atoms with E-state index in [4.69, 9.17) is 14.2 Å². The normalized spacial score (nSPS) is 19.4. The number of carbonyl (C=O) groups excluding carboxylic acids is 1. The average molecular weight is 379 g/mol. The molecule has 0 heterocycles. The first-order valence-corrected chi connectivity index (χ1v) is 9.26. The third-order valence-corrected chi connectivity index (χ3v) is 4.92. The summed E-state index contributed by atoms with van der Waals surface area (Å²) in [7, 11) is 3.08. The number of rotatable bonds is 9. The maximum absolute atomic E-state index is 12.6. The number of carbonyl (C=O) groups is 2. The lowest BCUT2D eigenvalue weighted by atomic mass is 9.88. The van der Waals surface area contributed by atoms with Crippen LogP contribution in [-0.2, 0) is 20.9 Å². The molecule has 0 aliphatic heterocycles. The van der Waals surface area contributed by atoms with Crippen LogP contribution in [0.1, 0.15) is 38.2 Å². The molecule has 7 heteroatoms. The van der Waals surface area contributed by atoms with Crippen molar-refractivity contribution in [1.29, 1.82) is 0 Å². The van der Waals surface area contributed by atoms with Gasteiger partial charge >= 0.3 is 5.97 Å². The van der Waals surface area contributed by atoms with Crippen molar-refractivity contribution in [3.63, 3.8) is 0 Å². The van der Waals surface area contributed by atoms with Crippen LogP contribution in [0.3, 0.4) is 0 Å². The van der Waals surface area contributed by atoms with E-state index in [1.807, 2.05) is 0 Å². The van der Waals surface area contributed by atoms with E-state index in [-0.39, 0.29) is 31.7 Å². The lowest BCUT2D eigenvalue weighted by Gasteiger charge is -2.29. The zero-order valence-electron chi connectivity index (χ0n) is 16.3. The molecule has 0 aromatic heterocycles. The molecular formula is C20H29NO6. The number of methoxy groups -OCH3 is 2. The molecule has 27 heavy (non-hydrogen) atoms. The highest BCUT2D eigenvalue weighted by atomic mass is 16.5. The zero-order chi connectivity index (χ0) is 19.8. The molecule has 150 valence electrons. The second-order valence-electron chi connectivity index (χ2n) is 6.98. The molecule has 7 nitrogen and oxygen atoms in total. The second kappa shape index (κ2) is 10.2. The van der Waals surface area contributed by atoms with Crippen LogP contribution in [-0.4, -0.2) is 55.4 Å². The molecule has 1 aromatic rings. The van der Waals surface area contributed by atoms with Gasteiger partial charge in [0.15, 0.2) is 0 Å². The van der Waals surface area contributed by atoms with Gasteiger partial charge in [-0.05, 0) is 36.5 Å². The molecule has 1 N–H and O–H groups in total. The number of aliphatic carboxylic acids is 1. The van der Waals surface area contributed by atoms with Crippen molar-refractivity contribution in [2.45, 2.75) is 45.3 Å². The molecule has 1 aliphatic carbocycles. The maximum Gasteiger partial charge on any atom is 0.323 e. The summed E-state index contributed by atoms with van der Waals surface area (Å²) < 4.78 is 16.3. The highest BCUT2D eigenvalue weighted by Crippen LogP contribution is 2.26. The van der Waals surface area contributed by atoms with E-state index in [0.29, 0.717) is 17.4 Å². The molecule has 1 fully saturated rings. The number of nitrogens with zero attached hydrogens (tertiary/aromatic N) is 1. The van der Waals surface area contributed by atoms with Crippen LogP contribution in [0.5, 0.6) is 11.5 Å². The number of benzene rings is 1. The van der Waals surface area contributed by atoms with Gasteiger partial charge in [-0.25, -0.2) is 0 Å². The van der Waals surface area contributed by atoms with E-state index in [2.05, 4.69) is 6.92 Å². The lowest BCUT2D eigenvalue weighted by molar-refractivity contribution is -0.149. The van der Waals surface area contributed by atoms with Crippen molar-refractivity contribution in [2.75, 3.05) is 27.4 Å². The Hall–Kier alpha value is -2.28. The fourth-order valence-corrected chi connectivity index (χ4v) is 3.37. The van der Waals surface area contributed by atoms with Crippen LogP contribution in [0, 0.1) is 5.92 Å². The van der Waals surface area contributed by atoms with Crippen LogP contribution >= 0.6 is 0 Å². The van der Waals surface area contributed by atoms with E-state index in [1.165, 1.54) is 25.5 Å². The van der Waals surface area contributed by atoms with E-state index in [1.54, 1.807) is 18.2 Å². The second-order valence-corrected chi connectivity index (χ2v) is 6.98. The fourth-order valence-electron chi connectivity index (χ4n) is 3.37. The molecule has 2 atom stereocenters. The van der Waals surface area contributed by atoms with Gasteiger partial charge in [0, 0.05) is 12.6 Å². The molecule has 1 aliphatic rings. The van der Waals surface area contributed by atoms with Crippen molar-refractivity contribution < 1.29 is 28.9 Å². The van der Waals surface area contributed by atoms with Crippen molar-refractivity contribution in [3.05, 3.63) is 23.8 Å². The summed E-state index contributed by atoms with van der Waals surface area (Å²) in [5.74, 6) is 0.182. The standard InChI is InChI=1S/C20H29NO6/c1-14-6-4-5-7-18(14)27-13-19(22)21(12-20(23)24)11-15-8-16(25-2)10-17(9-15)26-3/h8-10,14,18H,4-7,11-13H2,1-3H3,(H,23,24). The summed E-state index contributed by atoms with van der Waals surface area (Å²) in [6, 6.07) is 5.24. The van der Waals surface area contributed by atoms with E-state index < -0.39 is 5.97 Å². The summed E-state index contributed by atoms with van der Waals surface area (Å²) >= 11 is 0. The molecule has 0 spiro atoms. The summed E-state index contributed by atoms with van der Waals surface area (Å²) in [5.41, 5.74) is 0.729. The molecule has 1 amide bonds. The number of carboxylic acid groups (broad SMARTS) is 1. The Kier molecular flexibility index (Phi) is 7.91. The minimum Gasteiger partial charge on any atom is -0.497 e. The number of carboxylic acids is 1. The Morgan fingerprint density at radius 1 is 1.11 bits per heavy atom. The number of ether oxygens (including phenoxy) is 3. The fraction of sp³-hybridized carbons (Fsp3) is 0.600. The zero-order valence-corrected chi connectivity index (χ0v) is 16.3. The molecule has 1 aromatic carbocycles. The minimum atomic E-state index is -1.07. The molecule has 1 saturated carbocycles. The van der Waals surface area contributed by atoms with Crippen molar-refractivity contribution in [2.24, 2.45) is 5.92 Å². The Labute approximate surface area is 160 Å². The smallest absolute Gasteiger partial charge is 0.323 e. The predicted molar refractivity (Wildman–Crippen MR) is 100.0 cm³/mol. The topological polar surface area (TPSA) is 85.3 Å². The van der Waals surface area contributed by atoms with E-state index in [9.17, 15) is 14.7 Å². The summed E-state index contributed by atoms with van der Waals surface area (Å²) in [4.78, 5) is 25.1. The Morgan fingerprint density at radius 2 is 1.74 bits per heavy atom. The van der Waals surface area contributed by atoms with Gasteiger partial charge in [-0.2, -0.15) is 0 Å². The van der Waals surface area contributed by atoms with E-state index >= 15 is 0 Å². The molecule has 0 bridgehead atoms. The van der Waals surface area contributed by atoms with Gasteiger partial charge in [-0.3, -0.25) is 9.59 Å². The van der Waals surface area contributed by atoms with Crippen molar-refractivity contribution in [3.8, 4) is 11.5 Å². The number of hydrogen-bond donors (Lipinski definition) is 1. The average Bonchev–Trinajstić information content (AvgIpc) is 2.65. The largest absolute Gasteiger partial charge is 0.497 e. The first-order valence-electron chi connectivity index (χ1n) is 9.26. The molecular weight excluding hydrogens is 350 g/mol. The number of amides is 1. The molecule has 0 radical (unpaired) electrons. The van der Waals surface area contributed by atoms with Gasteiger partial charge in [0.25, 0.3) is 0 Å². The maximum atomic E-state index is 12.6. The van der Waals surface area contributed by atoms with Crippen LogP contribution in [0.15, 0.2) is 18.2 Å². The van der Waals surface area contributed by atoms with Gasteiger partial charge in [-0.1, -0.05) is 19.8 Å². The Morgan fingerprint density at radius 3 is 2.30 bits per heavy atom. The third kappa shape index (κ3) is 6.43. The van der Waals surface area contributed by atoms with Crippen molar-refractivity contribution in [1.82, 2.24) is 4.90 Å². The van der Waals surface area contributed by atoms with Crippen LogP contribution in [0.2, 0.25) is 0 Å². The SMILES string of the molecule is COc1cc(CN(CC(=O)O)C(=O)COC2CCCCC2C)cc(OC)c1. The first-order chi connectivity index (χ1) is 12.9. The molecule has 2 rings (SSSR count). The van der Waals surface area contributed by atoms with Gasteiger partial charge < -0.3 is 24.2 Å². The summed E-state index contributed by atoms with van der Waals surface area (Å²) in [6.07, 6.45) is 4.40. The van der Waals surface area contributed by atoms with Gasteiger partial charge in [0.2, 0.25) is 5.91 Å². The van der Waals surface area contributed by atoms with Gasteiger partial charge in [-0.15, -0.1) is 0 Å². The third-order valence-electron chi connectivity index (χ3n) is 4.92. The molecule has 2 unspecified atom stereocenters. The highest BCUT2D eigenvalue weighted by molar-refractivity contribution is 5.82. The number of hydrogen-bond acceptors (Lipinski definition) is 5. The quantitative estimate of drug-likeness (QED) is 0.710. The predicted octanol–water partition coefficient (Wildman–Crippen LogP) is 2.71. The van der Waals surface area contributed by atoms with E-state index in [0.717, 1.165) is 24.8 Å². The van der Waals surface area contributed by atoms with Crippen LogP contribution in [0.25, 0.3) is 0 Å².